The molecule has 67 heavy (non-hydrogen) atoms. The van der Waals surface area contributed by atoms with E-state index in [1.807, 2.05) is 0 Å². The predicted molar refractivity (Wildman–Crippen MR) is 282 cm³/mol. The van der Waals surface area contributed by atoms with Crippen LogP contribution in [-0.4, -0.2) is 15.7 Å². The second-order valence-electron chi connectivity index (χ2n) is 18.8. The fraction of sp³-hybridized carbons (Fsp3) is 0.0323. The van der Waals surface area contributed by atoms with Crippen LogP contribution in [0.4, 0.5) is 17.1 Å². The van der Waals surface area contributed by atoms with Gasteiger partial charge in [-0.25, -0.2) is 0 Å². The van der Waals surface area contributed by atoms with Crippen LogP contribution in [0.2, 0.25) is 0 Å². The van der Waals surface area contributed by atoms with Crippen molar-refractivity contribution in [3.63, 3.8) is 0 Å². The van der Waals surface area contributed by atoms with E-state index in [4.69, 9.17) is 4.42 Å². The fourth-order valence-corrected chi connectivity index (χ4v) is 12.8. The first kappa shape index (κ1) is 35.8. The van der Waals surface area contributed by atoms with E-state index in [0.29, 0.717) is 0 Å². The number of hydrogen-bond donors (Lipinski definition) is 0. The molecule has 0 amide bonds. The van der Waals surface area contributed by atoms with E-state index in [-0.39, 0.29) is 6.85 Å². The van der Waals surface area contributed by atoms with Gasteiger partial charge in [-0.15, -0.1) is 0 Å². The first-order valence-electron chi connectivity index (χ1n) is 23.4. The largest absolute Gasteiger partial charge is 0.456 e. The van der Waals surface area contributed by atoms with Crippen molar-refractivity contribution >= 4 is 117 Å². The van der Waals surface area contributed by atoms with Crippen LogP contribution in [-0.2, 0) is 0 Å². The monoisotopic (exact) mass is 851 g/mol. The van der Waals surface area contributed by atoms with E-state index in [2.05, 4.69) is 222 Å². The second kappa shape index (κ2) is 12.6. The third-order valence-electron chi connectivity index (χ3n) is 15.4. The number of nitrogens with zero attached hydrogens (tertiary/aromatic N) is 3. The number of hydrogen-bond acceptors (Lipinski definition) is 2. The SMILES string of the molecule is Cc1cccc(C)c1N1c2cc3oc4ccccc4c3c3c2B(c2c1cc1c4ccccc4n4c5ccccc5c2c14)n1c2ccc(-c4ccccc4)cc2c2cc(-c4ccccc4)cc-3c21. The van der Waals surface area contributed by atoms with Gasteiger partial charge in [0.1, 0.15) is 11.2 Å². The smallest absolute Gasteiger partial charge is 0.333 e. The van der Waals surface area contributed by atoms with E-state index in [9.17, 15) is 0 Å². The maximum absolute atomic E-state index is 7.05. The van der Waals surface area contributed by atoms with Crippen LogP contribution in [0.25, 0.3) is 115 Å². The van der Waals surface area contributed by atoms with Crippen molar-refractivity contribution in [3.05, 3.63) is 205 Å². The lowest BCUT2D eigenvalue weighted by Crippen LogP contribution is -2.57. The van der Waals surface area contributed by atoms with E-state index >= 15 is 0 Å². The van der Waals surface area contributed by atoms with E-state index in [1.165, 1.54) is 132 Å². The van der Waals surface area contributed by atoms with E-state index < -0.39 is 0 Å². The third-order valence-corrected chi connectivity index (χ3v) is 15.4. The summed E-state index contributed by atoms with van der Waals surface area (Å²) in [4.78, 5) is 2.62. The Kier molecular flexibility index (Phi) is 6.74. The topological polar surface area (TPSA) is 25.7 Å². The van der Waals surface area contributed by atoms with E-state index in [0.717, 1.165) is 22.2 Å². The Morgan fingerprint density at radius 1 is 0.403 bits per heavy atom. The molecular weight excluding hydrogens is 814 g/mol. The van der Waals surface area contributed by atoms with Crippen molar-refractivity contribution in [2.75, 3.05) is 4.90 Å². The molecule has 10 aromatic carbocycles. The standard InChI is InChI=1S/C62H38BN3O/c1-35-16-15-17-36(2)60(35)65-51-33-46-41-22-9-12-25-48(41)64-49-26-13-10-23-42(49)57(62(46)64)59(51)63-58-52(65)34-54-55(43-24-11-14-27-53(43)67-54)56(58)47-32-40(38-20-7-4-8-21-38)31-45-44-30-39(37-18-5-3-6-19-37)28-29-50(44)66(63)61(45)47/h3-34H,1-2H3. The Bertz CT molecular complexity index is 4460. The molecule has 0 saturated carbocycles. The molecule has 4 nitrogen and oxygen atoms in total. The molecule has 0 radical (unpaired) electrons. The van der Waals surface area contributed by atoms with Gasteiger partial charge in [-0.05, 0) is 112 Å². The highest BCUT2D eigenvalue weighted by Crippen LogP contribution is 2.53. The van der Waals surface area contributed by atoms with Crippen molar-refractivity contribution in [1.29, 1.82) is 0 Å². The van der Waals surface area contributed by atoms with Crippen LogP contribution in [0.3, 0.4) is 0 Å². The minimum Gasteiger partial charge on any atom is -0.456 e. The average Bonchev–Trinajstić information content (AvgIpc) is 4.11. The van der Waals surface area contributed by atoms with Gasteiger partial charge in [0, 0.05) is 77.1 Å². The molecule has 2 aliphatic rings. The Morgan fingerprint density at radius 2 is 1.03 bits per heavy atom. The molecule has 6 heterocycles. The lowest BCUT2D eigenvalue weighted by molar-refractivity contribution is 0.669. The van der Waals surface area contributed by atoms with Gasteiger partial charge in [0.15, 0.2) is 0 Å². The molecule has 0 aliphatic carbocycles. The zero-order valence-electron chi connectivity index (χ0n) is 36.8. The van der Waals surface area contributed by atoms with Crippen molar-refractivity contribution in [2.45, 2.75) is 13.8 Å². The molecule has 0 N–H and O–H groups in total. The predicted octanol–water partition coefficient (Wildman–Crippen LogP) is 15.2. The minimum absolute atomic E-state index is 0.187. The number of rotatable bonds is 3. The number of aromatic nitrogens is 2. The molecular formula is C62H38BN3O. The van der Waals surface area contributed by atoms with Gasteiger partial charge in [-0.2, -0.15) is 0 Å². The zero-order chi connectivity index (χ0) is 43.8. The van der Waals surface area contributed by atoms with Gasteiger partial charge < -0.3 is 18.2 Å². The quantitative estimate of drug-likeness (QED) is 0.166. The summed E-state index contributed by atoms with van der Waals surface area (Å²) in [6.07, 6.45) is 0. The number of para-hydroxylation sites is 4. The summed E-state index contributed by atoms with van der Waals surface area (Å²) in [5.41, 5.74) is 24.0. The second-order valence-corrected chi connectivity index (χ2v) is 18.8. The van der Waals surface area contributed by atoms with Gasteiger partial charge in [-0.1, -0.05) is 140 Å². The Labute approximate surface area is 385 Å². The first-order chi connectivity index (χ1) is 33.1. The summed E-state index contributed by atoms with van der Waals surface area (Å²) in [6.45, 7) is 4.36. The summed E-state index contributed by atoms with van der Waals surface area (Å²) in [6, 6.07) is 72.3. The maximum Gasteiger partial charge on any atom is 0.333 e. The maximum atomic E-state index is 7.05. The number of furan rings is 1. The first-order valence-corrected chi connectivity index (χ1v) is 23.4. The molecule has 16 rings (SSSR count). The van der Waals surface area contributed by atoms with Crippen LogP contribution < -0.4 is 15.8 Å². The fourth-order valence-electron chi connectivity index (χ4n) is 12.8. The lowest BCUT2D eigenvalue weighted by Gasteiger charge is -2.42. The van der Waals surface area contributed by atoms with Gasteiger partial charge in [0.05, 0.1) is 22.2 Å². The van der Waals surface area contributed by atoms with Crippen LogP contribution in [0, 0.1) is 13.8 Å². The molecule has 310 valence electrons. The highest BCUT2D eigenvalue weighted by atomic mass is 16.3. The van der Waals surface area contributed by atoms with Crippen LogP contribution in [0.1, 0.15) is 11.1 Å². The van der Waals surface area contributed by atoms with Gasteiger partial charge in [-0.3, -0.25) is 0 Å². The van der Waals surface area contributed by atoms with Crippen molar-refractivity contribution < 1.29 is 4.42 Å². The van der Waals surface area contributed by atoms with Gasteiger partial charge in [0.25, 0.3) is 0 Å². The van der Waals surface area contributed by atoms with E-state index in [1.54, 1.807) is 0 Å². The molecule has 0 atom stereocenters. The average molecular weight is 852 g/mol. The summed E-state index contributed by atoms with van der Waals surface area (Å²) in [5.74, 6) is 0. The molecule has 0 saturated heterocycles. The Balaban J connectivity index is 1.18. The number of fused-ring (bicyclic) bond motifs is 18. The summed E-state index contributed by atoms with van der Waals surface area (Å²) in [7, 11) is 0. The molecule has 0 bridgehead atoms. The van der Waals surface area contributed by atoms with Crippen molar-refractivity contribution in [1.82, 2.24) is 8.88 Å². The number of benzene rings is 10. The molecule has 5 heteroatoms. The zero-order valence-corrected chi connectivity index (χ0v) is 36.8. The summed E-state index contributed by atoms with van der Waals surface area (Å²) >= 11 is 0. The number of anilines is 3. The van der Waals surface area contributed by atoms with Gasteiger partial charge >= 0.3 is 6.85 Å². The molecule has 0 spiro atoms. The Morgan fingerprint density at radius 3 is 1.81 bits per heavy atom. The Hall–Kier alpha value is -8.54. The van der Waals surface area contributed by atoms with Crippen LogP contribution >= 0.6 is 0 Å². The molecule has 14 aromatic rings. The summed E-state index contributed by atoms with van der Waals surface area (Å²) in [5, 5.41) is 9.94. The minimum atomic E-state index is -0.187. The normalized spacial score (nSPS) is 13.2. The molecule has 0 fully saturated rings. The molecule has 0 unspecified atom stereocenters. The third kappa shape index (κ3) is 4.44. The summed E-state index contributed by atoms with van der Waals surface area (Å²) < 4.78 is 12.3. The number of aryl methyl sites for hydroxylation is 2. The highest BCUT2D eigenvalue weighted by molar-refractivity contribution is 6.92. The van der Waals surface area contributed by atoms with Gasteiger partial charge in [0.2, 0.25) is 0 Å². The lowest BCUT2D eigenvalue weighted by atomic mass is 9.44. The van der Waals surface area contributed by atoms with Crippen LogP contribution in [0.15, 0.2) is 199 Å². The van der Waals surface area contributed by atoms with Crippen molar-refractivity contribution in [2.24, 2.45) is 0 Å². The van der Waals surface area contributed by atoms with Crippen molar-refractivity contribution in [3.8, 4) is 33.4 Å². The van der Waals surface area contributed by atoms with Crippen LogP contribution in [0.5, 0.6) is 0 Å². The molecule has 4 aromatic heterocycles. The molecule has 2 aliphatic heterocycles. The highest BCUT2D eigenvalue weighted by Gasteiger charge is 2.47.